The molecule has 0 amide bonds. The first-order valence-corrected chi connectivity index (χ1v) is 8.91. The number of nitrogens with zero attached hydrogens (tertiary/aromatic N) is 1. The summed E-state index contributed by atoms with van der Waals surface area (Å²) in [6.07, 6.45) is 2.65. The number of nitrogens with one attached hydrogen (secondary N) is 1. The standard InChI is InChI=1S/C15H22N2O3S/c1-20-11-12-5-8-17(9-6-12)21(18,19)14-2-3-15-13(10-14)4-7-16-15/h2-3,10,12,16H,4-9,11H2,1H3. The Morgan fingerprint density at radius 3 is 2.81 bits per heavy atom. The summed E-state index contributed by atoms with van der Waals surface area (Å²) in [5.41, 5.74) is 2.16. The summed E-state index contributed by atoms with van der Waals surface area (Å²) in [6, 6.07) is 5.42. The summed E-state index contributed by atoms with van der Waals surface area (Å²) < 4.78 is 32.2. The van der Waals surface area contributed by atoms with Crippen molar-refractivity contribution in [3.8, 4) is 0 Å². The van der Waals surface area contributed by atoms with Gasteiger partial charge in [-0.2, -0.15) is 4.31 Å². The van der Waals surface area contributed by atoms with E-state index < -0.39 is 10.0 Å². The predicted octanol–water partition coefficient (Wildman–Crippen LogP) is 1.70. The van der Waals surface area contributed by atoms with Gasteiger partial charge in [0.15, 0.2) is 0 Å². The maximum Gasteiger partial charge on any atom is 0.243 e. The maximum atomic E-state index is 12.7. The third kappa shape index (κ3) is 2.93. The van der Waals surface area contributed by atoms with Gasteiger partial charge < -0.3 is 10.1 Å². The van der Waals surface area contributed by atoms with Gasteiger partial charge in [-0.25, -0.2) is 8.42 Å². The molecule has 1 fully saturated rings. The number of hydrogen-bond acceptors (Lipinski definition) is 4. The van der Waals surface area contributed by atoms with E-state index in [0.29, 0.717) is 23.9 Å². The summed E-state index contributed by atoms with van der Waals surface area (Å²) in [4.78, 5) is 0.426. The quantitative estimate of drug-likeness (QED) is 0.919. The zero-order chi connectivity index (χ0) is 14.9. The number of sulfonamides is 1. The van der Waals surface area contributed by atoms with Gasteiger partial charge in [-0.1, -0.05) is 0 Å². The molecule has 0 saturated carbocycles. The average Bonchev–Trinajstić information content (AvgIpc) is 2.95. The van der Waals surface area contributed by atoms with Gasteiger partial charge in [0.25, 0.3) is 0 Å². The highest BCUT2D eigenvalue weighted by Crippen LogP contribution is 2.28. The number of piperidine rings is 1. The highest BCUT2D eigenvalue weighted by Gasteiger charge is 2.30. The Morgan fingerprint density at radius 1 is 1.33 bits per heavy atom. The third-order valence-electron chi connectivity index (χ3n) is 4.40. The molecule has 0 atom stereocenters. The number of hydrogen-bond donors (Lipinski definition) is 1. The summed E-state index contributed by atoms with van der Waals surface area (Å²) in [6.45, 7) is 2.79. The molecule has 2 aliphatic heterocycles. The van der Waals surface area contributed by atoms with E-state index in [4.69, 9.17) is 4.74 Å². The molecule has 5 nitrogen and oxygen atoms in total. The van der Waals surface area contributed by atoms with Gasteiger partial charge in [-0.15, -0.1) is 0 Å². The van der Waals surface area contributed by atoms with E-state index in [9.17, 15) is 8.42 Å². The molecule has 0 unspecified atom stereocenters. The second kappa shape index (κ2) is 5.94. The molecule has 1 saturated heterocycles. The normalized spacial score (nSPS) is 20.2. The summed E-state index contributed by atoms with van der Waals surface area (Å²) in [5.74, 6) is 0.477. The molecule has 1 aromatic carbocycles. The van der Waals surface area contributed by atoms with Crippen LogP contribution in [0, 0.1) is 5.92 Å². The van der Waals surface area contributed by atoms with Crippen LogP contribution in [0.4, 0.5) is 5.69 Å². The molecule has 2 aliphatic rings. The van der Waals surface area contributed by atoms with E-state index in [1.807, 2.05) is 12.1 Å². The van der Waals surface area contributed by atoms with Gasteiger partial charge in [-0.05, 0) is 48.9 Å². The minimum Gasteiger partial charge on any atom is -0.384 e. The van der Waals surface area contributed by atoms with Gasteiger partial charge in [0.1, 0.15) is 0 Å². The second-order valence-corrected chi connectivity index (χ2v) is 7.74. The molecule has 21 heavy (non-hydrogen) atoms. The molecule has 0 aromatic heterocycles. The fraction of sp³-hybridized carbons (Fsp3) is 0.600. The van der Waals surface area contributed by atoms with Crippen LogP contribution in [0.5, 0.6) is 0 Å². The van der Waals surface area contributed by atoms with Crippen molar-refractivity contribution >= 4 is 15.7 Å². The molecule has 0 radical (unpaired) electrons. The third-order valence-corrected chi connectivity index (χ3v) is 6.29. The van der Waals surface area contributed by atoms with Crippen molar-refractivity contribution in [2.75, 3.05) is 38.7 Å². The highest BCUT2D eigenvalue weighted by molar-refractivity contribution is 7.89. The van der Waals surface area contributed by atoms with Crippen LogP contribution >= 0.6 is 0 Å². The molecule has 1 N–H and O–H groups in total. The van der Waals surface area contributed by atoms with Crippen molar-refractivity contribution in [3.05, 3.63) is 23.8 Å². The molecular weight excluding hydrogens is 288 g/mol. The molecule has 2 heterocycles. The van der Waals surface area contributed by atoms with E-state index in [1.54, 1.807) is 17.5 Å². The van der Waals surface area contributed by atoms with E-state index in [2.05, 4.69) is 5.32 Å². The lowest BCUT2D eigenvalue weighted by atomic mass is 9.99. The van der Waals surface area contributed by atoms with Gasteiger partial charge in [0, 0.05) is 39.0 Å². The second-order valence-electron chi connectivity index (χ2n) is 5.80. The Bertz CT molecular complexity index is 607. The zero-order valence-electron chi connectivity index (χ0n) is 12.3. The van der Waals surface area contributed by atoms with Crippen LogP contribution in [-0.4, -0.2) is 46.1 Å². The lowest BCUT2D eigenvalue weighted by molar-refractivity contribution is 0.121. The van der Waals surface area contributed by atoms with Gasteiger partial charge in [0.2, 0.25) is 10.0 Å². The Hall–Kier alpha value is -1.11. The first-order valence-electron chi connectivity index (χ1n) is 7.47. The summed E-state index contributed by atoms with van der Waals surface area (Å²) in [5, 5.41) is 3.26. The Balaban J connectivity index is 1.75. The Morgan fingerprint density at radius 2 is 2.10 bits per heavy atom. The van der Waals surface area contributed by atoms with Crippen molar-refractivity contribution in [2.45, 2.75) is 24.2 Å². The van der Waals surface area contributed by atoms with Gasteiger partial charge in [-0.3, -0.25) is 0 Å². The van der Waals surface area contributed by atoms with E-state index in [0.717, 1.165) is 43.7 Å². The van der Waals surface area contributed by atoms with E-state index in [1.165, 1.54) is 0 Å². The van der Waals surface area contributed by atoms with Crippen LogP contribution in [0.3, 0.4) is 0 Å². The van der Waals surface area contributed by atoms with Crippen LogP contribution in [-0.2, 0) is 21.2 Å². The van der Waals surface area contributed by atoms with E-state index >= 15 is 0 Å². The number of anilines is 1. The minimum atomic E-state index is -3.36. The molecule has 3 rings (SSSR count). The number of rotatable bonds is 4. The summed E-state index contributed by atoms with van der Waals surface area (Å²) >= 11 is 0. The summed E-state index contributed by atoms with van der Waals surface area (Å²) in [7, 11) is -1.66. The smallest absolute Gasteiger partial charge is 0.243 e. The molecule has 1 aromatic rings. The molecule has 116 valence electrons. The number of benzene rings is 1. The zero-order valence-corrected chi connectivity index (χ0v) is 13.2. The molecule has 0 spiro atoms. The molecule has 0 aliphatic carbocycles. The SMILES string of the molecule is COCC1CCN(S(=O)(=O)c2ccc3c(c2)CCN3)CC1. The number of methoxy groups -OCH3 is 1. The van der Waals surface area contributed by atoms with Crippen LogP contribution in [0.1, 0.15) is 18.4 Å². The predicted molar refractivity (Wildman–Crippen MR) is 82.0 cm³/mol. The molecule has 6 heteroatoms. The Labute approximate surface area is 126 Å². The van der Waals surface area contributed by atoms with Gasteiger partial charge >= 0.3 is 0 Å². The van der Waals surface area contributed by atoms with Crippen molar-refractivity contribution in [2.24, 2.45) is 5.92 Å². The van der Waals surface area contributed by atoms with Crippen molar-refractivity contribution in [1.82, 2.24) is 4.31 Å². The molecule has 0 bridgehead atoms. The van der Waals surface area contributed by atoms with Crippen LogP contribution < -0.4 is 5.32 Å². The van der Waals surface area contributed by atoms with Gasteiger partial charge in [0.05, 0.1) is 4.90 Å². The van der Waals surface area contributed by atoms with Crippen LogP contribution in [0.15, 0.2) is 23.1 Å². The number of ether oxygens (including phenoxy) is 1. The first kappa shape index (κ1) is 14.8. The minimum absolute atomic E-state index is 0.426. The molecular formula is C15H22N2O3S. The lowest BCUT2D eigenvalue weighted by Gasteiger charge is -2.30. The van der Waals surface area contributed by atoms with Crippen LogP contribution in [0.25, 0.3) is 0 Å². The average molecular weight is 310 g/mol. The van der Waals surface area contributed by atoms with Crippen molar-refractivity contribution < 1.29 is 13.2 Å². The Kier molecular flexibility index (Phi) is 4.19. The fourth-order valence-corrected chi connectivity index (χ4v) is 4.66. The maximum absolute atomic E-state index is 12.7. The fourth-order valence-electron chi connectivity index (χ4n) is 3.14. The van der Waals surface area contributed by atoms with E-state index in [-0.39, 0.29) is 0 Å². The monoisotopic (exact) mass is 310 g/mol. The highest BCUT2D eigenvalue weighted by atomic mass is 32.2. The topological polar surface area (TPSA) is 58.6 Å². The lowest BCUT2D eigenvalue weighted by Crippen LogP contribution is -2.39. The largest absolute Gasteiger partial charge is 0.384 e. The van der Waals surface area contributed by atoms with Crippen molar-refractivity contribution in [1.29, 1.82) is 0 Å². The van der Waals surface area contributed by atoms with Crippen LogP contribution in [0.2, 0.25) is 0 Å². The first-order chi connectivity index (χ1) is 10.1. The van der Waals surface area contributed by atoms with Crippen molar-refractivity contribution in [3.63, 3.8) is 0 Å². The number of fused-ring (bicyclic) bond motifs is 1.